The molecule has 0 heterocycles. The predicted molar refractivity (Wildman–Crippen MR) is 77.1 cm³/mol. The minimum absolute atomic E-state index is 0.590. The number of nitrogens with zero attached hydrogens (tertiary/aromatic N) is 3. The van der Waals surface area contributed by atoms with E-state index in [2.05, 4.69) is 10.0 Å². The van der Waals surface area contributed by atoms with Gasteiger partial charge in [-0.1, -0.05) is 63.6 Å². The van der Waals surface area contributed by atoms with Crippen molar-refractivity contribution in [1.29, 1.82) is 0 Å². The Kier molecular flexibility index (Phi) is 13.2. The molecule has 0 aliphatic rings. The highest BCUT2D eigenvalue weighted by Crippen LogP contribution is 2.04. The summed E-state index contributed by atoms with van der Waals surface area (Å²) in [7, 11) is 0. The minimum atomic E-state index is -0.590. The molecular weight excluding hydrogens is 226 g/mol. The molecule has 18 heavy (non-hydrogen) atoms. The summed E-state index contributed by atoms with van der Waals surface area (Å²) in [5, 5.41) is 2.91. The molecule has 0 saturated heterocycles. The Morgan fingerprint density at radius 2 is 1.67 bits per heavy atom. The van der Waals surface area contributed by atoms with E-state index in [0.29, 0.717) is 0 Å². The van der Waals surface area contributed by atoms with Crippen molar-refractivity contribution >= 4 is 12.0 Å². The van der Waals surface area contributed by atoms with Gasteiger partial charge in [-0.2, -0.15) is 0 Å². The molecule has 0 unspecified atom stereocenters. The number of rotatable bonds is 2. The Bertz CT molecular complexity index is 402. The number of hydrogen-bond donors (Lipinski definition) is 0. The maximum absolute atomic E-state index is 10.8. The number of amides is 1. The van der Waals surface area contributed by atoms with E-state index >= 15 is 0 Å². The van der Waals surface area contributed by atoms with Gasteiger partial charge < -0.3 is 0 Å². The van der Waals surface area contributed by atoms with Crippen molar-refractivity contribution in [2.24, 2.45) is 5.11 Å². The van der Waals surface area contributed by atoms with Gasteiger partial charge in [-0.3, -0.25) is 4.79 Å². The molecule has 0 aliphatic carbocycles. The highest BCUT2D eigenvalue weighted by molar-refractivity contribution is 5.92. The van der Waals surface area contributed by atoms with Gasteiger partial charge in [0, 0.05) is 4.91 Å². The average Bonchev–Trinajstić information content (AvgIpc) is 2.43. The second-order valence-corrected chi connectivity index (χ2v) is 2.77. The minimum Gasteiger partial charge on any atom is -0.288 e. The standard InChI is InChI=1S/C10H9N3O.2C2H6/c1-8-2-4-9(5-3-8)6-7-10(14)12-13-11;2*1-2/h2-7H,1H3;2*1-2H3/b7-6+;;. The van der Waals surface area contributed by atoms with E-state index in [4.69, 9.17) is 5.53 Å². The fraction of sp³-hybridized carbons (Fsp3) is 0.357. The van der Waals surface area contributed by atoms with Crippen molar-refractivity contribution in [3.63, 3.8) is 0 Å². The molecule has 0 aliphatic heterocycles. The van der Waals surface area contributed by atoms with Gasteiger partial charge in [-0.25, -0.2) is 0 Å². The monoisotopic (exact) mass is 247 g/mol. The van der Waals surface area contributed by atoms with Crippen LogP contribution in [0.15, 0.2) is 35.5 Å². The SMILES string of the molecule is CC.CC.Cc1ccc(/C=C/C(=O)N=[N+]=[N-])cc1. The van der Waals surface area contributed by atoms with E-state index in [9.17, 15) is 4.79 Å². The lowest BCUT2D eigenvalue weighted by Gasteiger charge is -1.93. The van der Waals surface area contributed by atoms with Crippen LogP contribution < -0.4 is 0 Å². The Hall–Kier alpha value is -2.06. The second-order valence-electron chi connectivity index (χ2n) is 2.77. The van der Waals surface area contributed by atoms with Gasteiger partial charge in [0.1, 0.15) is 0 Å². The Morgan fingerprint density at radius 1 is 1.17 bits per heavy atom. The molecule has 4 heteroatoms. The predicted octanol–water partition coefficient (Wildman–Crippen LogP) is 4.90. The molecule has 0 bridgehead atoms. The van der Waals surface area contributed by atoms with Gasteiger partial charge in [-0.15, -0.1) is 0 Å². The summed E-state index contributed by atoms with van der Waals surface area (Å²) in [5.74, 6) is -0.590. The number of carbonyl (C=O) groups excluding carboxylic acids is 1. The van der Waals surface area contributed by atoms with Gasteiger partial charge in [0.05, 0.1) is 0 Å². The summed E-state index contributed by atoms with van der Waals surface area (Å²) < 4.78 is 0. The number of aryl methyl sites for hydroxylation is 1. The topological polar surface area (TPSA) is 65.8 Å². The van der Waals surface area contributed by atoms with Crippen molar-refractivity contribution < 1.29 is 4.79 Å². The van der Waals surface area contributed by atoms with Gasteiger partial charge in [0.2, 0.25) is 5.91 Å². The van der Waals surface area contributed by atoms with E-state index in [1.165, 1.54) is 6.08 Å². The zero-order valence-corrected chi connectivity index (χ0v) is 11.7. The third kappa shape index (κ3) is 9.19. The lowest BCUT2D eigenvalue weighted by atomic mass is 10.1. The van der Waals surface area contributed by atoms with Crippen LogP contribution >= 0.6 is 0 Å². The fourth-order valence-corrected chi connectivity index (χ4v) is 0.922. The smallest absolute Gasteiger partial charge is 0.242 e. The van der Waals surface area contributed by atoms with Crippen molar-refractivity contribution in [3.8, 4) is 0 Å². The number of carbonyl (C=O) groups is 1. The molecule has 1 amide bonds. The summed E-state index contributed by atoms with van der Waals surface area (Å²) in [6, 6.07) is 7.65. The highest BCUT2D eigenvalue weighted by atomic mass is 16.1. The Balaban J connectivity index is 0. The zero-order valence-electron chi connectivity index (χ0n) is 11.7. The molecule has 0 radical (unpaired) electrons. The van der Waals surface area contributed by atoms with E-state index in [0.717, 1.165) is 11.1 Å². The molecular formula is C14H21N3O. The molecule has 98 valence electrons. The lowest BCUT2D eigenvalue weighted by Crippen LogP contribution is -1.82. The first-order chi connectivity index (χ1) is 8.72. The lowest BCUT2D eigenvalue weighted by molar-refractivity contribution is -0.113. The van der Waals surface area contributed by atoms with Crippen LogP contribution in [0.25, 0.3) is 16.5 Å². The molecule has 0 fully saturated rings. The molecule has 0 saturated carbocycles. The van der Waals surface area contributed by atoms with Crippen molar-refractivity contribution in [3.05, 3.63) is 51.9 Å². The highest BCUT2D eigenvalue weighted by Gasteiger charge is 1.90. The van der Waals surface area contributed by atoms with Crippen molar-refractivity contribution in [2.75, 3.05) is 0 Å². The van der Waals surface area contributed by atoms with Crippen molar-refractivity contribution in [2.45, 2.75) is 34.6 Å². The van der Waals surface area contributed by atoms with Gasteiger partial charge in [0.15, 0.2) is 0 Å². The van der Waals surface area contributed by atoms with Gasteiger partial charge in [0.25, 0.3) is 0 Å². The molecule has 1 aromatic carbocycles. The first kappa shape index (κ1) is 18.3. The van der Waals surface area contributed by atoms with Crippen LogP contribution in [-0.4, -0.2) is 5.91 Å². The van der Waals surface area contributed by atoms with E-state index < -0.39 is 5.91 Å². The first-order valence-electron chi connectivity index (χ1n) is 6.06. The fourth-order valence-electron chi connectivity index (χ4n) is 0.922. The van der Waals surface area contributed by atoms with Crippen LogP contribution in [-0.2, 0) is 4.79 Å². The molecule has 1 aromatic rings. The third-order valence-corrected chi connectivity index (χ3v) is 1.64. The zero-order chi connectivity index (χ0) is 14.4. The van der Waals surface area contributed by atoms with Crippen LogP contribution in [0, 0.1) is 6.92 Å². The molecule has 0 spiro atoms. The maximum Gasteiger partial charge on any atom is 0.242 e. The summed E-state index contributed by atoms with van der Waals surface area (Å²) >= 11 is 0. The summed E-state index contributed by atoms with van der Waals surface area (Å²) in [6.07, 6.45) is 2.85. The van der Waals surface area contributed by atoms with Crippen LogP contribution in [0.1, 0.15) is 38.8 Å². The first-order valence-corrected chi connectivity index (χ1v) is 6.06. The summed E-state index contributed by atoms with van der Waals surface area (Å²) in [5.41, 5.74) is 10.0. The van der Waals surface area contributed by atoms with Gasteiger partial charge >= 0.3 is 0 Å². The summed E-state index contributed by atoms with van der Waals surface area (Å²) in [6.45, 7) is 9.98. The number of hydrogen-bond acceptors (Lipinski definition) is 1. The average molecular weight is 247 g/mol. The van der Waals surface area contributed by atoms with Crippen LogP contribution in [0.3, 0.4) is 0 Å². The second kappa shape index (κ2) is 13.0. The molecule has 0 N–H and O–H groups in total. The largest absolute Gasteiger partial charge is 0.288 e. The number of azide groups is 1. The van der Waals surface area contributed by atoms with E-state index in [-0.39, 0.29) is 0 Å². The summed E-state index contributed by atoms with van der Waals surface area (Å²) in [4.78, 5) is 13.2. The van der Waals surface area contributed by atoms with Crippen LogP contribution in [0.2, 0.25) is 0 Å². The molecule has 1 rings (SSSR count). The van der Waals surface area contributed by atoms with Crippen LogP contribution in [0.5, 0.6) is 0 Å². The maximum atomic E-state index is 10.8. The molecule has 0 aromatic heterocycles. The van der Waals surface area contributed by atoms with Crippen LogP contribution in [0.4, 0.5) is 0 Å². The number of benzene rings is 1. The molecule has 4 nitrogen and oxygen atoms in total. The normalized spacial score (nSPS) is 8.28. The van der Waals surface area contributed by atoms with Crippen molar-refractivity contribution in [1.82, 2.24) is 0 Å². The quantitative estimate of drug-likeness (QED) is 0.317. The Morgan fingerprint density at radius 3 is 2.11 bits per heavy atom. The third-order valence-electron chi connectivity index (χ3n) is 1.64. The van der Waals surface area contributed by atoms with E-state index in [1.54, 1.807) is 6.08 Å². The molecule has 0 atom stereocenters. The van der Waals surface area contributed by atoms with Gasteiger partial charge in [-0.05, 0) is 29.2 Å². The van der Waals surface area contributed by atoms with E-state index in [1.807, 2.05) is 58.9 Å². The Labute approximate surface area is 109 Å².